The van der Waals surface area contributed by atoms with Crippen LogP contribution >= 0.6 is 0 Å². The van der Waals surface area contributed by atoms with Gasteiger partial charge >= 0.3 is 0 Å². The lowest BCUT2D eigenvalue weighted by atomic mass is 9.93. The lowest BCUT2D eigenvalue weighted by molar-refractivity contribution is 0.126. The summed E-state index contributed by atoms with van der Waals surface area (Å²) in [7, 11) is 0. The number of aliphatic hydroxyl groups is 1. The monoisotopic (exact) mass is 444 g/mol. The van der Waals surface area contributed by atoms with E-state index >= 15 is 0 Å². The number of aliphatic hydroxyl groups excluding tert-OH is 1. The topological polar surface area (TPSA) is 86.2 Å². The Kier molecular flexibility index (Phi) is 6.79. The third-order valence-electron chi connectivity index (χ3n) is 6.56. The molecule has 0 spiro atoms. The Morgan fingerprint density at radius 2 is 1.70 bits per heavy atom. The summed E-state index contributed by atoms with van der Waals surface area (Å²) < 4.78 is 0. The maximum atomic E-state index is 9.88. The van der Waals surface area contributed by atoms with Crippen LogP contribution in [0.4, 0.5) is 17.5 Å². The Labute approximate surface area is 195 Å². The Hall–Kier alpha value is -3.03. The lowest BCUT2D eigenvalue weighted by Gasteiger charge is -2.27. The van der Waals surface area contributed by atoms with E-state index in [1.807, 2.05) is 42.7 Å². The van der Waals surface area contributed by atoms with E-state index in [0.717, 1.165) is 55.0 Å². The van der Waals surface area contributed by atoms with E-state index in [1.54, 1.807) is 0 Å². The molecule has 1 saturated carbocycles. The molecule has 0 bridgehead atoms. The van der Waals surface area contributed by atoms with Gasteiger partial charge in [-0.15, -0.1) is 0 Å². The SMILES string of the molecule is O[C@H]1CC[C@H](Nc2nc(Nc3ccccc3)ncc2-c2ccc(CN3CCCC3)cn2)CC1. The van der Waals surface area contributed by atoms with Crippen molar-refractivity contribution in [3.8, 4) is 11.3 Å². The van der Waals surface area contributed by atoms with Crippen LogP contribution in [0.25, 0.3) is 11.3 Å². The highest BCUT2D eigenvalue weighted by molar-refractivity contribution is 5.73. The van der Waals surface area contributed by atoms with Crippen molar-refractivity contribution >= 4 is 17.5 Å². The number of nitrogens with zero attached hydrogens (tertiary/aromatic N) is 4. The van der Waals surface area contributed by atoms with Crippen LogP contribution in [0.2, 0.25) is 0 Å². The second kappa shape index (κ2) is 10.3. The number of rotatable bonds is 7. The zero-order chi connectivity index (χ0) is 22.5. The summed E-state index contributed by atoms with van der Waals surface area (Å²) in [6, 6.07) is 14.5. The molecule has 5 rings (SSSR count). The van der Waals surface area contributed by atoms with Crippen molar-refractivity contribution in [2.75, 3.05) is 23.7 Å². The molecule has 1 saturated heterocycles. The Morgan fingerprint density at radius 1 is 0.909 bits per heavy atom. The maximum Gasteiger partial charge on any atom is 0.229 e. The summed E-state index contributed by atoms with van der Waals surface area (Å²) in [5.41, 5.74) is 3.94. The van der Waals surface area contributed by atoms with Gasteiger partial charge in [0.05, 0.1) is 17.4 Å². The van der Waals surface area contributed by atoms with Gasteiger partial charge in [0.25, 0.3) is 0 Å². The number of para-hydroxylation sites is 1. The van der Waals surface area contributed by atoms with E-state index < -0.39 is 0 Å². The number of benzene rings is 1. The van der Waals surface area contributed by atoms with Crippen LogP contribution in [0.5, 0.6) is 0 Å². The lowest BCUT2D eigenvalue weighted by Crippen LogP contribution is -2.29. The van der Waals surface area contributed by atoms with E-state index in [2.05, 4.69) is 32.7 Å². The van der Waals surface area contributed by atoms with Crippen molar-refractivity contribution in [1.29, 1.82) is 0 Å². The quantitative estimate of drug-likeness (QED) is 0.491. The van der Waals surface area contributed by atoms with Gasteiger partial charge in [0.1, 0.15) is 5.82 Å². The zero-order valence-corrected chi connectivity index (χ0v) is 19.0. The fourth-order valence-corrected chi connectivity index (χ4v) is 4.68. The number of likely N-dealkylation sites (tertiary alicyclic amines) is 1. The van der Waals surface area contributed by atoms with Crippen molar-refractivity contribution in [3.05, 3.63) is 60.4 Å². The van der Waals surface area contributed by atoms with Crippen molar-refractivity contribution < 1.29 is 5.11 Å². The fourth-order valence-electron chi connectivity index (χ4n) is 4.68. The van der Waals surface area contributed by atoms with E-state index in [9.17, 15) is 5.11 Å². The number of pyridine rings is 1. The van der Waals surface area contributed by atoms with Crippen LogP contribution in [0.15, 0.2) is 54.9 Å². The number of hydrogen-bond donors (Lipinski definition) is 3. The molecule has 33 heavy (non-hydrogen) atoms. The molecular formula is C26H32N6O. The van der Waals surface area contributed by atoms with Crippen molar-refractivity contribution in [2.45, 2.75) is 57.2 Å². The van der Waals surface area contributed by atoms with Crippen LogP contribution in [-0.4, -0.2) is 50.2 Å². The minimum absolute atomic E-state index is 0.187. The average molecular weight is 445 g/mol. The number of hydrogen-bond acceptors (Lipinski definition) is 7. The summed E-state index contributed by atoms with van der Waals surface area (Å²) in [6.07, 6.45) is 9.70. The molecule has 3 aromatic rings. The summed E-state index contributed by atoms with van der Waals surface area (Å²) in [5, 5.41) is 16.8. The van der Waals surface area contributed by atoms with E-state index in [1.165, 1.54) is 31.5 Å². The predicted molar refractivity (Wildman–Crippen MR) is 131 cm³/mol. The van der Waals surface area contributed by atoms with Crippen LogP contribution in [0.1, 0.15) is 44.1 Å². The van der Waals surface area contributed by atoms with Gasteiger partial charge in [0.2, 0.25) is 5.95 Å². The molecule has 172 valence electrons. The van der Waals surface area contributed by atoms with Gasteiger partial charge in [-0.3, -0.25) is 9.88 Å². The van der Waals surface area contributed by atoms with Crippen molar-refractivity contribution in [3.63, 3.8) is 0 Å². The molecule has 1 aromatic carbocycles. The third kappa shape index (κ3) is 5.67. The Balaban J connectivity index is 1.38. The van der Waals surface area contributed by atoms with Gasteiger partial charge in [-0.05, 0) is 75.4 Å². The van der Waals surface area contributed by atoms with E-state index in [-0.39, 0.29) is 12.1 Å². The summed E-state index contributed by atoms with van der Waals surface area (Å²) in [6.45, 7) is 3.31. The van der Waals surface area contributed by atoms with E-state index in [4.69, 9.17) is 9.97 Å². The summed E-state index contributed by atoms with van der Waals surface area (Å²) >= 11 is 0. The Morgan fingerprint density at radius 3 is 2.42 bits per heavy atom. The maximum absolute atomic E-state index is 9.88. The van der Waals surface area contributed by atoms with Gasteiger partial charge in [-0.1, -0.05) is 24.3 Å². The molecule has 0 amide bonds. The molecule has 1 aliphatic carbocycles. The van der Waals surface area contributed by atoms with Crippen molar-refractivity contribution in [2.24, 2.45) is 0 Å². The summed E-state index contributed by atoms with van der Waals surface area (Å²) in [4.78, 5) is 16.6. The normalized spacial score (nSPS) is 21.1. The number of aromatic nitrogens is 3. The predicted octanol–water partition coefficient (Wildman–Crippen LogP) is 4.59. The average Bonchev–Trinajstić information content (AvgIpc) is 3.35. The third-order valence-corrected chi connectivity index (χ3v) is 6.56. The summed E-state index contributed by atoms with van der Waals surface area (Å²) in [5.74, 6) is 1.33. The first-order valence-electron chi connectivity index (χ1n) is 12.0. The van der Waals surface area contributed by atoms with Gasteiger partial charge < -0.3 is 15.7 Å². The molecule has 7 heteroatoms. The first-order valence-corrected chi connectivity index (χ1v) is 12.0. The fraction of sp³-hybridized carbons (Fsp3) is 0.423. The molecular weight excluding hydrogens is 412 g/mol. The van der Waals surface area contributed by atoms with Gasteiger partial charge in [-0.25, -0.2) is 4.98 Å². The zero-order valence-electron chi connectivity index (χ0n) is 19.0. The van der Waals surface area contributed by atoms with Gasteiger partial charge in [0.15, 0.2) is 0 Å². The van der Waals surface area contributed by atoms with Gasteiger partial charge in [-0.2, -0.15) is 4.98 Å². The molecule has 0 radical (unpaired) electrons. The Bertz CT molecular complexity index is 1030. The van der Waals surface area contributed by atoms with Crippen LogP contribution in [-0.2, 0) is 6.54 Å². The van der Waals surface area contributed by atoms with Crippen LogP contribution < -0.4 is 10.6 Å². The van der Waals surface area contributed by atoms with Crippen molar-refractivity contribution in [1.82, 2.24) is 19.9 Å². The molecule has 7 nitrogen and oxygen atoms in total. The molecule has 2 aromatic heterocycles. The molecule has 2 aliphatic rings. The molecule has 2 fully saturated rings. The highest BCUT2D eigenvalue weighted by Gasteiger charge is 2.22. The molecule has 3 heterocycles. The van der Waals surface area contributed by atoms with Crippen LogP contribution in [0.3, 0.4) is 0 Å². The van der Waals surface area contributed by atoms with E-state index in [0.29, 0.717) is 5.95 Å². The first kappa shape index (κ1) is 21.8. The number of nitrogens with one attached hydrogen (secondary N) is 2. The smallest absolute Gasteiger partial charge is 0.229 e. The highest BCUT2D eigenvalue weighted by atomic mass is 16.3. The largest absolute Gasteiger partial charge is 0.393 e. The van der Waals surface area contributed by atoms with Gasteiger partial charge in [0, 0.05) is 30.7 Å². The number of anilines is 3. The highest BCUT2D eigenvalue weighted by Crippen LogP contribution is 2.29. The first-order chi connectivity index (χ1) is 16.2. The standard InChI is InChI=1S/C26H32N6O/c33-22-11-9-21(10-12-22)29-25-23(17-28-26(31-25)30-20-6-2-1-3-7-20)24-13-8-19(16-27-24)18-32-14-4-5-15-32/h1-3,6-8,13,16-17,21-22,33H,4-5,9-12,14-15,18H2,(H2,28,29,30,31)/t21-,22-. The second-order valence-corrected chi connectivity index (χ2v) is 9.13. The molecule has 0 unspecified atom stereocenters. The minimum Gasteiger partial charge on any atom is -0.393 e. The molecule has 1 aliphatic heterocycles. The van der Waals surface area contributed by atoms with Crippen LogP contribution in [0, 0.1) is 0 Å². The molecule has 3 N–H and O–H groups in total. The second-order valence-electron chi connectivity index (χ2n) is 9.13. The minimum atomic E-state index is -0.187. The molecule has 0 atom stereocenters.